The molecule has 0 bridgehead atoms. The van der Waals surface area contributed by atoms with Gasteiger partial charge in [-0.25, -0.2) is 4.98 Å². The van der Waals surface area contributed by atoms with Crippen LogP contribution in [0.15, 0.2) is 41.3 Å². The fraction of sp³-hybridized carbons (Fsp3) is 0.308. The number of nitriles is 1. The normalized spacial score (nSPS) is 14.7. The van der Waals surface area contributed by atoms with Gasteiger partial charge in [-0.2, -0.15) is 18.4 Å². The molecule has 0 fully saturated rings. The number of rotatable bonds is 4. The lowest BCUT2D eigenvalue weighted by atomic mass is 9.98. The molecule has 0 saturated carbocycles. The predicted molar refractivity (Wildman–Crippen MR) is 134 cm³/mol. The number of halogens is 3. The Bertz CT molecular complexity index is 1530. The highest BCUT2D eigenvalue weighted by Gasteiger charge is 2.31. The van der Waals surface area contributed by atoms with Gasteiger partial charge >= 0.3 is 6.18 Å². The number of pyridine rings is 2. The number of hydrogen-bond acceptors (Lipinski definition) is 6. The van der Waals surface area contributed by atoms with Gasteiger partial charge in [0.25, 0.3) is 5.56 Å². The standard InChI is InChI=1S/C26H25F3N6O2/c1-14(17-8-19(26(27,28)29)10-20(31)9-17)33-24-22-11-21(16-4-6-35(7-5-16)15(2)36)25(37)34(3)23(22)18(12-30)13-32-24/h4,8-11,13-14H,5-7,31H2,1-3H3,(H,32,33)/t14-/m1/s1. The van der Waals surface area contributed by atoms with E-state index < -0.39 is 17.8 Å². The van der Waals surface area contributed by atoms with Gasteiger partial charge in [-0.1, -0.05) is 6.08 Å². The van der Waals surface area contributed by atoms with Crippen LogP contribution in [0.4, 0.5) is 24.7 Å². The van der Waals surface area contributed by atoms with E-state index in [2.05, 4.69) is 10.3 Å². The predicted octanol–water partition coefficient (Wildman–Crippen LogP) is 4.21. The van der Waals surface area contributed by atoms with Crippen LogP contribution in [0.25, 0.3) is 16.5 Å². The van der Waals surface area contributed by atoms with Crippen LogP contribution in [-0.2, 0) is 18.0 Å². The maximum Gasteiger partial charge on any atom is 0.416 e. The lowest BCUT2D eigenvalue weighted by Gasteiger charge is -2.25. The minimum Gasteiger partial charge on any atom is -0.399 e. The van der Waals surface area contributed by atoms with Crippen molar-refractivity contribution >= 4 is 33.9 Å². The number of carbonyl (C=O) groups is 1. The third-order valence-corrected chi connectivity index (χ3v) is 6.53. The number of benzene rings is 1. The van der Waals surface area contributed by atoms with E-state index in [9.17, 15) is 28.0 Å². The third-order valence-electron chi connectivity index (χ3n) is 6.53. The molecule has 3 heterocycles. The van der Waals surface area contributed by atoms with Gasteiger partial charge in [0.15, 0.2) is 0 Å². The average molecular weight is 511 g/mol. The van der Waals surface area contributed by atoms with Crippen LogP contribution in [0, 0.1) is 11.3 Å². The Morgan fingerprint density at radius 3 is 2.59 bits per heavy atom. The first-order valence-corrected chi connectivity index (χ1v) is 11.5. The van der Waals surface area contributed by atoms with E-state index in [1.807, 2.05) is 12.1 Å². The monoisotopic (exact) mass is 510 g/mol. The zero-order chi connectivity index (χ0) is 27.1. The van der Waals surface area contributed by atoms with Gasteiger partial charge in [0.2, 0.25) is 5.91 Å². The van der Waals surface area contributed by atoms with E-state index in [1.165, 1.54) is 23.8 Å². The summed E-state index contributed by atoms with van der Waals surface area (Å²) >= 11 is 0. The summed E-state index contributed by atoms with van der Waals surface area (Å²) in [5, 5.41) is 13.2. The summed E-state index contributed by atoms with van der Waals surface area (Å²) in [5.74, 6) is 0.247. The summed E-state index contributed by atoms with van der Waals surface area (Å²) in [5.41, 5.74) is 6.57. The Morgan fingerprint density at radius 2 is 2.00 bits per heavy atom. The molecular formula is C26H25F3N6O2. The first-order chi connectivity index (χ1) is 17.4. The molecule has 0 aliphatic carbocycles. The van der Waals surface area contributed by atoms with Crippen molar-refractivity contribution in [2.24, 2.45) is 7.05 Å². The van der Waals surface area contributed by atoms with Crippen LogP contribution in [0.1, 0.15) is 48.6 Å². The molecule has 3 aromatic rings. The number of hydrogen-bond donors (Lipinski definition) is 2. The van der Waals surface area contributed by atoms with Crippen LogP contribution in [-0.4, -0.2) is 33.4 Å². The number of nitrogens with zero attached hydrogens (tertiary/aromatic N) is 4. The highest BCUT2D eigenvalue weighted by Crippen LogP contribution is 2.34. The lowest BCUT2D eigenvalue weighted by Crippen LogP contribution is -2.33. The summed E-state index contributed by atoms with van der Waals surface area (Å²) in [4.78, 5) is 31.0. The molecular weight excluding hydrogens is 485 g/mol. The summed E-state index contributed by atoms with van der Waals surface area (Å²) in [6.45, 7) is 4.00. The first kappa shape index (κ1) is 25.8. The van der Waals surface area contributed by atoms with E-state index in [-0.39, 0.29) is 22.7 Å². The van der Waals surface area contributed by atoms with Gasteiger partial charge in [0, 0.05) is 49.9 Å². The Morgan fingerprint density at radius 1 is 1.27 bits per heavy atom. The Hall–Kier alpha value is -4.33. The van der Waals surface area contributed by atoms with E-state index in [0.717, 1.165) is 17.7 Å². The quantitative estimate of drug-likeness (QED) is 0.508. The van der Waals surface area contributed by atoms with Crippen LogP contribution in [0.3, 0.4) is 0 Å². The van der Waals surface area contributed by atoms with Crippen LogP contribution < -0.4 is 16.6 Å². The topological polar surface area (TPSA) is 117 Å². The van der Waals surface area contributed by atoms with Gasteiger partial charge in [-0.3, -0.25) is 9.59 Å². The highest BCUT2D eigenvalue weighted by molar-refractivity contribution is 5.95. The van der Waals surface area contributed by atoms with Crippen molar-refractivity contribution in [1.82, 2.24) is 14.5 Å². The molecule has 3 N–H and O–H groups in total. The summed E-state index contributed by atoms with van der Waals surface area (Å²) in [7, 11) is 1.56. The molecule has 1 aliphatic rings. The Kier molecular flexibility index (Phi) is 6.69. The number of aryl methyl sites for hydroxylation is 1. The molecule has 0 radical (unpaired) electrons. The SMILES string of the molecule is CC(=O)N1CC=C(c2cc3c(N[C@H](C)c4cc(N)cc(C(F)(F)F)c4)ncc(C#N)c3n(C)c2=O)CC1. The van der Waals surface area contributed by atoms with Crippen molar-refractivity contribution in [3.63, 3.8) is 0 Å². The molecule has 2 aromatic heterocycles. The molecule has 192 valence electrons. The number of anilines is 2. The molecule has 0 saturated heterocycles. The zero-order valence-corrected chi connectivity index (χ0v) is 20.5. The molecule has 0 spiro atoms. The van der Waals surface area contributed by atoms with Crippen molar-refractivity contribution < 1.29 is 18.0 Å². The molecule has 1 amide bonds. The Balaban J connectivity index is 1.82. The van der Waals surface area contributed by atoms with Crippen molar-refractivity contribution in [3.8, 4) is 6.07 Å². The minimum absolute atomic E-state index is 0.0235. The molecule has 8 nitrogen and oxygen atoms in total. The maximum absolute atomic E-state index is 13.3. The molecule has 37 heavy (non-hydrogen) atoms. The van der Waals surface area contributed by atoms with Crippen molar-refractivity contribution in [3.05, 3.63) is 69.1 Å². The van der Waals surface area contributed by atoms with Crippen molar-refractivity contribution in [2.45, 2.75) is 32.5 Å². The zero-order valence-electron chi connectivity index (χ0n) is 20.5. The van der Waals surface area contributed by atoms with Gasteiger partial charge in [-0.05, 0) is 48.7 Å². The van der Waals surface area contributed by atoms with Crippen LogP contribution in [0.2, 0.25) is 0 Å². The number of fused-ring (bicyclic) bond motifs is 1. The van der Waals surface area contributed by atoms with E-state index >= 15 is 0 Å². The Labute approximate surface area is 210 Å². The number of nitrogens with two attached hydrogens (primary N) is 1. The number of carbonyl (C=O) groups excluding carboxylic acids is 1. The largest absolute Gasteiger partial charge is 0.416 e. The average Bonchev–Trinajstić information content (AvgIpc) is 2.85. The van der Waals surface area contributed by atoms with E-state index in [0.29, 0.717) is 47.4 Å². The number of aromatic nitrogens is 2. The smallest absolute Gasteiger partial charge is 0.399 e. The second-order valence-corrected chi connectivity index (χ2v) is 9.01. The molecule has 1 aliphatic heterocycles. The summed E-state index contributed by atoms with van der Waals surface area (Å²) < 4.78 is 41.3. The van der Waals surface area contributed by atoms with Gasteiger partial charge in [-0.15, -0.1) is 0 Å². The molecule has 1 atom stereocenters. The summed E-state index contributed by atoms with van der Waals surface area (Å²) in [6, 6.07) is 6.41. The first-order valence-electron chi connectivity index (χ1n) is 11.5. The second-order valence-electron chi connectivity index (χ2n) is 9.01. The highest BCUT2D eigenvalue weighted by atomic mass is 19.4. The van der Waals surface area contributed by atoms with Gasteiger partial charge in [0.05, 0.1) is 22.7 Å². The van der Waals surface area contributed by atoms with Crippen molar-refractivity contribution in [1.29, 1.82) is 5.26 Å². The molecule has 11 heteroatoms. The minimum atomic E-state index is -4.55. The third kappa shape index (κ3) is 5.00. The molecule has 1 aromatic carbocycles. The molecule has 4 rings (SSSR count). The van der Waals surface area contributed by atoms with Crippen LogP contribution in [0.5, 0.6) is 0 Å². The van der Waals surface area contributed by atoms with Gasteiger partial charge < -0.3 is 20.5 Å². The summed E-state index contributed by atoms with van der Waals surface area (Å²) in [6.07, 6.45) is -0.922. The van der Waals surface area contributed by atoms with Crippen LogP contribution >= 0.6 is 0 Å². The number of nitrogens with one attached hydrogen (secondary N) is 1. The number of alkyl halides is 3. The lowest BCUT2D eigenvalue weighted by molar-refractivity contribution is -0.137. The van der Waals surface area contributed by atoms with E-state index in [1.54, 1.807) is 24.9 Å². The number of nitrogen functional groups attached to an aromatic ring is 1. The van der Waals surface area contributed by atoms with Gasteiger partial charge in [0.1, 0.15) is 11.9 Å². The van der Waals surface area contributed by atoms with E-state index in [4.69, 9.17) is 5.73 Å². The second kappa shape index (κ2) is 9.61. The van der Waals surface area contributed by atoms with Crippen molar-refractivity contribution in [2.75, 3.05) is 24.1 Å². The fourth-order valence-electron chi connectivity index (χ4n) is 4.51. The molecule has 0 unspecified atom stereocenters. The number of amides is 1. The fourth-order valence-corrected chi connectivity index (χ4v) is 4.51. The maximum atomic E-state index is 13.3.